The third-order valence-electron chi connectivity index (χ3n) is 3.06. The van der Waals surface area contributed by atoms with Gasteiger partial charge in [-0.15, -0.1) is 11.8 Å². The third-order valence-corrected chi connectivity index (χ3v) is 3.80. The van der Waals surface area contributed by atoms with Gasteiger partial charge in [-0.25, -0.2) is 0 Å². The van der Waals surface area contributed by atoms with Crippen molar-refractivity contribution in [3.05, 3.63) is 35.7 Å². The molecule has 1 amide bonds. The van der Waals surface area contributed by atoms with Crippen LogP contribution in [-0.4, -0.2) is 21.9 Å². The van der Waals surface area contributed by atoms with Crippen molar-refractivity contribution in [2.75, 3.05) is 17.3 Å². The second-order valence-corrected chi connectivity index (χ2v) is 5.25. The number of nitrogen functional groups attached to an aromatic ring is 1. The lowest BCUT2D eigenvalue weighted by molar-refractivity contribution is 0.101. The van der Waals surface area contributed by atoms with Gasteiger partial charge in [-0.2, -0.15) is 5.10 Å². The molecular formula is C14H18N4OS. The SMILES string of the molecule is CCc1nn(C)c(C(=O)Nc2ccc(SC)cc2)c1N. The highest BCUT2D eigenvalue weighted by atomic mass is 32.2. The number of anilines is 2. The lowest BCUT2D eigenvalue weighted by Gasteiger charge is -2.07. The molecule has 2 rings (SSSR count). The van der Waals surface area contributed by atoms with Gasteiger partial charge >= 0.3 is 0 Å². The number of nitrogens with one attached hydrogen (secondary N) is 1. The topological polar surface area (TPSA) is 72.9 Å². The molecule has 1 heterocycles. The molecule has 106 valence electrons. The third kappa shape index (κ3) is 2.80. The quantitative estimate of drug-likeness (QED) is 0.849. The van der Waals surface area contributed by atoms with Crippen LogP contribution < -0.4 is 11.1 Å². The smallest absolute Gasteiger partial charge is 0.276 e. The monoisotopic (exact) mass is 290 g/mol. The largest absolute Gasteiger partial charge is 0.395 e. The van der Waals surface area contributed by atoms with Crippen LogP contribution >= 0.6 is 11.8 Å². The number of thioether (sulfide) groups is 1. The van der Waals surface area contributed by atoms with Crippen molar-refractivity contribution >= 4 is 29.0 Å². The van der Waals surface area contributed by atoms with E-state index in [1.807, 2.05) is 37.4 Å². The van der Waals surface area contributed by atoms with E-state index >= 15 is 0 Å². The second-order valence-electron chi connectivity index (χ2n) is 4.37. The Kier molecular flexibility index (Phi) is 4.34. The Morgan fingerprint density at radius 3 is 2.55 bits per heavy atom. The van der Waals surface area contributed by atoms with Crippen LogP contribution in [-0.2, 0) is 13.5 Å². The number of hydrogen-bond acceptors (Lipinski definition) is 4. The number of benzene rings is 1. The Morgan fingerprint density at radius 1 is 1.40 bits per heavy atom. The van der Waals surface area contributed by atoms with Crippen LogP contribution in [0.2, 0.25) is 0 Å². The molecule has 0 spiro atoms. The Morgan fingerprint density at radius 2 is 2.05 bits per heavy atom. The average molecular weight is 290 g/mol. The summed E-state index contributed by atoms with van der Waals surface area (Å²) >= 11 is 1.66. The molecule has 0 aliphatic heterocycles. The van der Waals surface area contributed by atoms with E-state index in [1.54, 1.807) is 18.8 Å². The maximum atomic E-state index is 12.3. The van der Waals surface area contributed by atoms with E-state index < -0.39 is 0 Å². The van der Waals surface area contributed by atoms with Crippen molar-refractivity contribution in [2.45, 2.75) is 18.2 Å². The number of amides is 1. The van der Waals surface area contributed by atoms with Crippen molar-refractivity contribution in [1.29, 1.82) is 0 Å². The summed E-state index contributed by atoms with van der Waals surface area (Å²) in [4.78, 5) is 13.4. The molecule has 0 atom stereocenters. The van der Waals surface area contributed by atoms with Crippen LogP contribution in [0.5, 0.6) is 0 Å². The van der Waals surface area contributed by atoms with E-state index in [2.05, 4.69) is 10.4 Å². The van der Waals surface area contributed by atoms with Gasteiger partial charge in [0, 0.05) is 17.6 Å². The van der Waals surface area contributed by atoms with E-state index in [4.69, 9.17) is 5.73 Å². The normalized spacial score (nSPS) is 10.6. The fourth-order valence-corrected chi connectivity index (χ4v) is 2.40. The summed E-state index contributed by atoms with van der Waals surface area (Å²) in [7, 11) is 1.72. The fourth-order valence-electron chi connectivity index (χ4n) is 1.99. The second kappa shape index (κ2) is 6.00. The van der Waals surface area contributed by atoms with Crippen molar-refractivity contribution in [3.8, 4) is 0 Å². The maximum Gasteiger partial charge on any atom is 0.276 e. The number of aryl methyl sites for hydroxylation is 2. The molecule has 0 saturated heterocycles. The highest BCUT2D eigenvalue weighted by Crippen LogP contribution is 2.20. The summed E-state index contributed by atoms with van der Waals surface area (Å²) in [6.07, 6.45) is 2.71. The highest BCUT2D eigenvalue weighted by Gasteiger charge is 2.19. The van der Waals surface area contributed by atoms with Crippen LogP contribution in [0.15, 0.2) is 29.2 Å². The summed E-state index contributed by atoms with van der Waals surface area (Å²) < 4.78 is 1.53. The molecule has 6 heteroatoms. The molecule has 0 radical (unpaired) electrons. The number of carbonyl (C=O) groups is 1. The summed E-state index contributed by atoms with van der Waals surface area (Å²) in [6.45, 7) is 1.96. The van der Waals surface area contributed by atoms with Crippen molar-refractivity contribution in [3.63, 3.8) is 0 Å². The molecule has 0 unspecified atom stereocenters. The predicted molar refractivity (Wildman–Crippen MR) is 83.2 cm³/mol. The van der Waals surface area contributed by atoms with Crippen LogP contribution in [0.25, 0.3) is 0 Å². The lowest BCUT2D eigenvalue weighted by atomic mass is 10.2. The number of carbonyl (C=O) groups excluding carboxylic acids is 1. The Labute approximate surface area is 122 Å². The Bertz CT molecular complexity index is 619. The molecule has 0 fully saturated rings. The minimum atomic E-state index is -0.242. The van der Waals surface area contributed by atoms with Gasteiger partial charge in [-0.3, -0.25) is 9.48 Å². The van der Waals surface area contributed by atoms with Gasteiger partial charge in [0.2, 0.25) is 0 Å². The van der Waals surface area contributed by atoms with Crippen molar-refractivity contribution < 1.29 is 4.79 Å². The first kappa shape index (κ1) is 14.5. The van der Waals surface area contributed by atoms with Crippen LogP contribution in [0.3, 0.4) is 0 Å². The number of hydrogen-bond donors (Lipinski definition) is 2. The minimum absolute atomic E-state index is 0.242. The van der Waals surface area contributed by atoms with Crippen molar-refractivity contribution in [1.82, 2.24) is 9.78 Å². The lowest BCUT2D eigenvalue weighted by Crippen LogP contribution is -2.17. The molecule has 0 bridgehead atoms. The first-order chi connectivity index (χ1) is 9.56. The van der Waals surface area contributed by atoms with E-state index in [0.717, 1.165) is 16.3 Å². The van der Waals surface area contributed by atoms with Crippen molar-refractivity contribution in [2.24, 2.45) is 7.05 Å². The molecule has 0 aliphatic carbocycles. The first-order valence-corrected chi connectivity index (χ1v) is 7.56. The molecule has 5 nitrogen and oxygen atoms in total. The average Bonchev–Trinajstić information content (AvgIpc) is 2.74. The fraction of sp³-hybridized carbons (Fsp3) is 0.286. The predicted octanol–water partition coefficient (Wildman–Crippen LogP) is 2.54. The van der Waals surface area contributed by atoms with E-state index in [1.165, 1.54) is 4.68 Å². The minimum Gasteiger partial charge on any atom is -0.395 e. The molecule has 1 aromatic heterocycles. The summed E-state index contributed by atoms with van der Waals surface area (Å²) in [5.41, 5.74) is 8.31. The maximum absolute atomic E-state index is 12.3. The molecular weight excluding hydrogens is 272 g/mol. The summed E-state index contributed by atoms with van der Waals surface area (Å²) in [5, 5.41) is 7.09. The van der Waals surface area contributed by atoms with E-state index in [-0.39, 0.29) is 5.91 Å². The van der Waals surface area contributed by atoms with Gasteiger partial charge in [0.25, 0.3) is 5.91 Å². The molecule has 1 aromatic carbocycles. The number of rotatable bonds is 4. The van der Waals surface area contributed by atoms with Gasteiger partial charge in [0.05, 0.1) is 11.4 Å². The van der Waals surface area contributed by atoms with Crippen LogP contribution in [0.4, 0.5) is 11.4 Å². The number of aromatic nitrogens is 2. The summed E-state index contributed by atoms with van der Waals surface area (Å²) in [5.74, 6) is -0.242. The zero-order valence-electron chi connectivity index (χ0n) is 11.8. The zero-order valence-corrected chi connectivity index (χ0v) is 12.6. The van der Waals surface area contributed by atoms with Gasteiger partial charge in [0.15, 0.2) is 0 Å². The molecule has 20 heavy (non-hydrogen) atoms. The Hall–Kier alpha value is -1.95. The van der Waals surface area contributed by atoms with Crippen LogP contribution in [0, 0.1) is 0 Å². The van der Waals surface area contributed by atoms with Gasteiger partial charge in [-0.05, 0) is 36.9 Å². The van der Waals surface area contributed by atoms with E-state index in [9.17, 15) is 4.79 Å². The van der Waals surface area contributed by atoms with E-state index in [0.29, 0.717) is 17.8 Å². The Balaban J connectivity index is 2.21. The first-order valence-electron chi connectivity index (χ1n) is 6.33. The summed E-state index contributed by atoms with van der Waals surface area (Å²) in [6, 6.07) is 7.67. The molecule has 3 N–H and O–H groups in total. The number of nitrogens with zero attached hydrogens (tertiary/aromatic N) is 2. The van der Waals surface area contributed by atoms with Crippen LogP contribution in [0.1, 0.15) is 23.1 Å². The molecule has 0 aliphatic rings. The highest BCUT2D eigenvalue weighted by molar-refractivity contribution is 7.98. The molecule has 0 saturated carbocycles. The zero-order chi connectivity index (χ0) is 14.7. The van der Waals surface area contributed by atoms with Gasteiger partial charge < -0.3 is 11.1 Å². The number of nitrogens with two attached hydrogens (primary N) is 1. The van der Waals surface area contributed by atoms with Gasteiger partial charge in [-0.1, -0.05) is 6.92 Å². The molecule has 2 aromatic rings. The van der Waals surface area contributed by atoms with Gasteiger partial charge in [0.1, 0.15) is 5.69 Å². The standard InChI is InChI=1S/C14H18N4OS/c1-4-11-12(15)13(18(2)17-11)14(19)16-9-5-7-10(20-3)8-6-9/h5-8H,4,15H2,1-3H3,(H,16,19).